The number of ether oxygens (including phenoxy) is 1. The van der Waals surface area contributed by atoms with Gasteiger partial charge in [0.2, 0.25) is 0 Å². The van der Waals surface area contributed by atoms with Crippen molar-refractivity contribution >= 4 is 26.8 Å². The first-order chi connectivity index (χ1) is 16.8. The smallest absolute Gasteiger partial charge is 0.254 e. The number of fused-ring (bicyclic) bond motifs is 1. The van der Waals surface area contributed by atoms with Gasteiger partial charge in [-0.3, -0.25) is 9.78 Å². The van der Waals surface area contributed by atoms with Crippen molar-refractivity contribution in [3.05, 3.63) is 66.4 Å². The van der Waals surface area contributed by atoms with E-state index in [-0.39, 0.29) is 10.9 Å². The molecule has 35 heavy (non-hydrogen) atoms. The lowest BCUT2D eigenvalue weighted by molar-refractivity contribution is -0.133. The van der Waals surface area contributed by atoms with Gasteiger partial charge in [0.25, 0.3) is 5.91 Å². The highest BCUT2D eigenvalue weighted by Crippen LogP contribution is 2.41. The molecule has 10 heteroatoms. The lowest BCUT2D eigenvalue weighted by Crippen LogP contribution is -2.31. The zero-order valence-corrected chi connectivity index (χ0v) is 19.8. The number of hydrogen-bond acceptors (Lipinski definition) is 6. The predicted octanol–water partition coefficient (Wildman–Crippen LogP) is 4.45. The van der Waals surface area contributed by atoms with Crippen molar-refractivity contribution < 1.29 is 22.3 Å². The second-order valence-electron chi connectivity index (χ2n) is 8.43. The van der Waals surface area contributed by atoms with E-state index < -0.39 is 22.4 Å². The average Bonchev–Trinajstić information content (AvgIpc) is 3.50. The van der Waals surface area contributed by atoms with E-state index in [4.69, 9.17) is 4.74 Å². The van der Waals surface area contributed by atoms with Crippen LogP contribution in [0.2, 0.25) is 0 Å². The van der Waals surface area contributed by atoms with Crippen LogP contribution < -0.4 is 4.74 Å². The van der Waals surface area contributed by atoms with Gasteiger partial charge in [-0.2, -0.15) is 0 Å². The number of sulfone groups is 1. The summed E-state index contributed by atoms with van der Waals surface area (Å²) in [5, 5.41) is 0. The number of carbonyl (C=O) groups is 1. The molecule has 2 aromatic heterocycles. The molecule has 3 heterocycles. The van der Waals surface area contributed by atoms with E-state index in [1.54, 1.807) is 24.4 Å². The van der Waals surface area contributed by atoms with Crippen molar-refractivity contribution in [1.82, 2.24) is 19.9 Å². The molecule has 0 aliphatic carbocycles. The fraction of sp³-hybridized carbons (Fsp3) is 0.240. The highest BCUT2D eigenvalue weighted by molar-refractivity contribution is 7.90. The highest BCUT2D eigenvalue weighted by atomic mass is 32.2. The zero-order chi connectivity index (χ0) is 24.6. The van der Waals surface area contributed by atoms with Crippen molar-refractivity contribution in [1.29, 1.82) is 0 Å². The average molecular weight is 495 g/mol. The Morgan fingerprint density at radius 2 is 2.00 bits per heavy atom. The van der Waals surface area contributed by atoms with Gasteiger partial charge in [-0.15, -0.1) is 0 Å². The summed E-state index contributed by atoms with van der Waals surface area (Å²) in [5.74, 6) is 0.922. The molecule has 8 nitrogen and oxygen atoms in total. The number of aromatic nitrogens is 3. The van der Waals surface area contributed by atoms with Crippen LogP contribution in [0.3, 0.4) is 0 Å². The van der Waals surface area contributed by atoms with Crippen molar-refractivity contribution in [3.8, 4) is 23.0 Å². The molecule has 0 bridgehead atoms. The summed E-state index contributed by atoms with van der Waals surface area (Å²) in [6.07, 6.45) is 4.24. The van der Waals surface area contributed by atoms with E-state index in [1.165, 1.54) is 17.0 Å². The largest absolute Gasteiger partial charge is 0.457 e. The monoisotopic (exact) mass is 494 g/mol. The third kappa shape index (κ3) is 4.61. The summed E-state index contributed by atoms with van der Waals surface area (Å²) in [6, 6.07) is 14.9. The molecule has 0 radical (unpaired) electrons. The quantitative estimate of drug-likeness (QED) is 0.425. The minimum atomic E-state index is -3.34. The Bertz CT molecular complexity index is 1490. The molecule has 1 aliphatic heterocycles. The van der Waals surface area contributed by atoms with E-state index in [2.05, 4.69) is 15.0 Å². The van der Waals surface area contributed by atoms with Crippen LogP contribution in [0, 0.1) is 0 Å². The van der Waals surface area contributed by atoms with Gasteiger partial charge in [0, 0.05) is 30.6 Å². The number of nitrogens with zero attached hydrogens (tertiary/aromatic N) is 3. The van der Waals surface area contributed by atoms with E-state index in [9.17, 15) is 17.6 Å². The van der Waals surface area contributed by atoms with Crippen molar-refractivity contribution in [3.63, 3.8) is 0 Å². The maximum absolute atomic E-state index is 13.3. The van der Waals surface area contributed by atoms with Crippen LogP contribution >= 0.6 is 0 Å². The molecule has 0 spiro atoms. The molecule has 1 atom stereocenters. The van der Waals surface area contributed by atoms with Gasteiger partial charge in [-0.25, -0.2) is 17.8 Å². The highest BCUT2D eigenvalue weighted by Gasteiger charge is 2.32. The van der Waals surface area contributed by atoms with Crippen molar-refractivity contribution in [2.75, 3.05) is 19.5 Å². The van der Waals surface area contributed by atoms with Gasteiger partial charge in [-0.05, 0) is 55.3 Å². The first-order valence-electron chi connectivity index (χ1n) is 11.1. The fourth-order valence-electron chi connectivity index (χ4n) is 4.37. The van der Waals surface area contributed by atoms with Crippen LogP contribution in [-0.4, -0.2) is 53.7 Å². The minimum absolute atomic E-state index is 0.184. The Morgan fingerprint density at radius 3 is 2.69 bits per heavy atom. The van der Waals surface area contributed by atoms with Gasteiger partial charge < -0.3 is 14.6 Å². The number of halogens is 1. The first-order valence-corrected chi connectivity index (χ1v) is 13.0. The van der Waals surface area contributed by atoms with Crippen LogP contribution in [-0.2, 0) is 14.6 Å². The molecule has 1 saturated heterocycles. The molecule has 1 fully saturated rings. The second-order valence-corrected chi connectivity index (χ2v) is 10.4. The number of aromatic amines is 1. The second kappa shape index (κ2) is 9.10. The van der Waals surface area contributed by atoms with Crippen LogP contribution in [0.25, 0.3) is 22.6 Å². The maximum atomic E-state index is 13.3. The Hall–Kier alpha value is -3.79. The summed E-state index contributed by atoms with van der Waals surface area (Å²) in [7, 11) is -3.34. The molecule has 1 amide bonds. The predicted molar refractivity (Wildman–Crippen MR) is 129 cm³/mol. The number of pyridine rings is 1. The minimum Gasteiger partial charge on any atom is -0.457 e. The molecule has 1 unspecified atom stereocenters. The zero-order valence-electron chi connectivity index (χ0n) is 18.9. The molecule has 1 aliphatic rings. The number of rotatable bonds is 6. The molecule has 180 valence electrons. The van der Waals surface area contributed by atoms with Crippen molar-refractivity contribution in [2.45, 2.75) is 23.8 Å². The summed E-state index contributed by atoms with van der Waals surface area (Å²) >= 11 is 0. The Labute approximate surface area is 201 Å². The van der Waals surface area contributed by atoms with Crippen LogP contribution in [0.1, 0.15) is 24.4 Å². The SMILES string of the molecule is CS(=O)(=O)c1ccc(Oc2cc3nc(-c4ccccn4)[nH]c3cc2C2CCCN2C(=O)CF)cc1. The molecule has 5 rings (SSSR count). The van der Waals surface area contributed by atoms with Crippen LogP contribution in [0.4, 0.5) is 4.39 Å². The van der Waals surface area contributed by atoms with E-state index in [0.29, 0.717) is 41.5 Å². The molecule has 0 saturated carbocycles. The molecule has 4 aromatic rings. The lowest BCUT2D eigenvalue weighted by atomic mass is 10.0. The van der Waals surface area contributed by atoms with Crippen LogP contribution in [0.15, 0.2) is 65.7 Å². The number of benzene rings is 2. The van der Waals surface area contributed by atoms with Gasteiger partial charge in [0.1, 0.15) is 17.2 Å². The molecule has 1 N–H and O–H groups in total. The fourth-order valence-corrected chi connectivity index (χ4v) is 5.00. The number of alkyl halides is 1. The Kier molecular flexibility index (Phi) is 5.98. The number of H-pyrrole nitrogens is 1. The molecular formula is C25H23FN4O4S. The summed E-state index contributed by atoms with van der Waals surface area (Å²) in [4.78, 5) is 26.3. The van der Waals surface area contributed by atoms with E-state index >= 15 is 0 Å². The number of imidazole rings is 1. The number of carbonyl (C=O) groups excluding carboxylic acids is 1. The van der Waals surface area contributed by atoms with E-state index in [1.807, 2.05) is 24.3 Å². The number of hydrogen-bond donors (Lipinski definition) is 1. The third-order valence-electron chi connectivity index (χ3n) is 6.05. The van der Waals surface area contributed by atoms with E-state index in [0.717, 1.165) is 23.8 Å². The normalized spacial score (nSPS) is 16.1. The van der Waals surface area contributed by atoms with Gasteiger partial charge in [0.05, 0.1) is 22.0 Å². The number of amides is 1. The first kappa shape index (κ1) is 23.0. The third-order valence-corrected chi connectivity index (χ3v) is 7.18. The summed E-state index contributed by atoms with van der Waals surface area (Å²) in [5.41, 5.74) is 2.78. The van der Waals surface area contributed by atoms with Crippen LogP contribution in [0.5, 0.6) is 11.5 Å². The number of likely N-dealkylation sites (tertiary alicyclic amines) is 1. The van der Waals surface area contributed by atoms with Gasteiger partial charge in [-0.1, -0.05) is 6.07 Å². The van der Waals surface area contributed by atoms with Gasteiger partial charge >= 0.3 is 0 Å². The van der Waals surface area contributed by atoms with Gasteiger partial charge in [0.15, 0.2) is 22.3 Å². The summed E-state index contributed by atoms with van der Waals surface area (Å²) < 4.78 is 43.0. The topological polar surface area (TPSA) is 105 Å². The summed E-state index contributed by atoms with van der Waals surface area (Å²) in [6.45, 7) is -0.591. The molecule has 2 aromatic carbocycles. The standard InChI is InChI=1S/C25H23FN4O4S/c1-35(32,33)17-9-7-16(8-10-17)34-23-14-21-20(28-25(29-21)19-5-2-3-11-27-19)13-18(23)22-6-4-12-30(22)24(31)15-26/h2-3,5,7-11,13-14,22H,4,6,12,15H2,1H3,(H,28,29). The Morgan fingerprint density at radius 1 is 1.20 bits per heavy atom. The molecular weight excluding hydrogens is 471 g/mol. The van der Waals surface area contributed by atoms with Crippen molar-refractivity contribution in [2.24, 2.45) is 0 Å². The Balaban J connectivity index is 1.59. The lowest BCUT2D eigenvalue weighted by Gasteiger charge is -2.26. The maximum Gasteiger partial charge on any atom is 0.254 e. The number of nitrogens with one attached hydrogen (secondary N) is 1.